The van der Waals surface area contributed by atoms with E-state index in [0.29, 0.717) is 6.54 Å². The summed E-state index contributed by atoms with van der Waals surface area (Å²) in [7, 11) is 0. The molecule has 0 bridgehead atoms. The van der Waals surface area contributed by atoms with Crippen LogP contribution in [0.1, 0.15) is 5.56 Å². The summed E-state index contributed by atoms with van der Waals surface area (Å²) in [6.45, 7) is 0.571. The van der Waals surface area contributed by atoms with Crippen molar-refractivity contribution in [2.45, 2.75) is 6.54 Å². The summed E-state index contributed by atoms with van der Waals surface area (Å²) in [6, 6.07) is 8.19. The molecule has 0 aliphatic carbocycles. The van der Waals surface area contributed by atoms with Crippen LogP contribution in [-0.4, -0.2) is 9.97 Å². The molecule has 0 spiro atoms. The van der Waals surface area contributed by atoms with E-state index in [9.17, 15) is 0 Å². The molecule has 90 valence electrons. The second-order valence-corrected chi connectivity index (χ2v) is 5.39. The third-order valence-corrected chi connectivity index (χ3v) is 4.09. The van der Waals surface area contributed by atoms with Gasteiger partial charge in [0.2, 0.25) is 0 Å². The van der Waals surface area contributed by atoms with Crippen LogP contribution < -0.4 is 5.73 Å². The average molecular weight is 273 g/mol. The predicted molar refractivity (Wildman–Crippen MR) is 76.5 cm³/mol. The fraction of sp³-hybridized carbons (Fsp3) is 0.0769. The number of nitrogens with two attached hydrogens (primary N) is 1. The predicted octanol–water partition coefficient (Wildman–Crippen LogP) is 3.39. The highest BCUT2D eigenvalue weighted by molar-refractivity contribution is 7.14. The highest BCUT2D eigenvalue weighted by atomic mass is 32.1. The molecule has 0 aliphatic rings. The lowest BCUT2D eigenvalue weighted by molar-refractivity contribution is 1.07. The first-order valence-corrected chi connectivity index (χ1v) is 7.32. The van der Waals surface area contributed by atoms with Gasteiger partial charge < -0.3 is 5.73 Å². The van der Waals surface area contributed by atoms with E-state index >= 15 is 0 Å². The van der Waals surface area contributed by atoms with Crippen molar-refractivity contribution in [2.24, 2.45) is 5.73 Å². The number of hydrogen-bond acceptors (Lipinski definition) is 5. The minimum Gasteiger partial charge on any atom is -0.326 e. The van der Waals surface area contributed by atoms with Gasteiger partial charge in [0.1, 0.15) is 10.7 Å². The van der Waals surface area contributed by atoms with Crippen LogP contribution >= 0.6 is 22.7 Å². The van der Waals surface area contributed by atoms with E-state index in [2.05, 4.69) is 27.5 Å². The maximum Gasteiger partial charge on any atom is 0.143 e. The zero-order valence-corrected chi connectivity index (χ0v) is 11.2. The van der Waals surface area contributed by atoms with Crippen LogP contribution in [0.15, 0.2) is 40.5 Å². The molecule has 0 saturated heterocycles. The number of nitrogens with zero attached hydrogens (tertiary/aromatic N) is 2. The number of thiazole rings is 2. The smallest absolute Gasteiger partial charge is 0.143 e. The van der Waals surface area contributed by atoms with Gasteiger partial charge in [-0.25, -0.2) is 9.97 Å². The van der Waals surface area contributed by atoms with Gasteiger partial charge in [-0.15, -0.1) is 22.7 Å². The van der Waals surface area contributed by atoms with Gasteiger partial charge in [0.25, 0.3) is 0 Å². The lowest BCUT2D eigenvalue weighted by atomic mass is 10.1. The molecule has 0 aliphatic heterocycles. The first-order valence-electron chi connectivity index (χ1n) is 5.50. The molecule has 3 nitrogen and oxygen atoms in total. The van der Waals surface area contributed by atoms with Crippen molar-refractivity contribution in [1.82, 2.24) is 9.97 Å². The quantitative estimate of drug-likeness (QED) is 0.795. The van der Waals surface area contributed by atoms with E-state index < -0.39 is 0 Å². The van der Waals surface area contributed by atoms with Crippen molar-refractivity contribution in [3.63, 3.8) is 0 Å². The fourth-order valence-electron chi connectivity index (χ4n) is 1.65. The van der Waals surface area contributed by atoms with E-state index in [1.807, 2.05) is 23.0 Å². The van der Waals surface area contributed by atoms with Crippen molar-refractivity contribution >= 4 is 22.7 Å². The summed E-state index contributed by atoms with van der Waals surface area (Å²) >= 11 is 3.21. The molecule has 3 aromatic rings. The zero-order valence-electron chi connectivity index (χ0n) is 9.54. The Morgan fingerprint density at radius 1 is 1.06 bits per heavy atom. The molecular weight excluding hydrogens is 262 g/mol. The van der Waals surface area contributed by atoms with Gasteiger partial charge in [-0.1, -0.05) is 24.3 Å². The Bertz CT molecular complexity index is 627. The van der Waals surface area contributed by atoms with Crippen molar-refractivity contribution in [3.05, 3.63) is 46.1 Å². The Kier molecular flexibility index (Phi) is 3.19. The molecule has 0 amide bonds. The molecule has 1 aromatic carbocycles. The maximum atomic E-state index is 5.59. The molecule has 0 unspecified atom stereocenters. The third-order valence-electron chi connectivity index (χ3n) is 2.64. The van der Waals surface area contributed by atoms with Gasteiger partial charge in [-0.2, -0.15) is 0 Å². The van der Waals surface area contributed by atoms with Crippen LogP contribution in [0.2, 0.25) is 0 Å². The van der Waals surface area contributed by atoms with Crippen LogP contribution in [0.5, 0.6) is 0 Å². The fourth-order valence-corrected chi connectivity index (χ4v) is 3.06. The summed E-state index contributed by atoms with van der Waals surface area (Å²) in [5, 5.41) is 5.04. The van der Waals surface area contributed by atoms with Gasteiger partial charge in [-0.3, -0.25) is 0 Å². The number of benzene rings is 1. The molecule has 0 fully saturated rings. The normalized spacial score (nSPS) is 10.7. The summed E-state index contributed by atoms with van der Waals surface area (Å²) in [4.78, 5) is 8.88. The zero-order chi connectivity index (χ0) is 12.4. The van der Waals surface area contributed by atoms with E-state index in [1.54, 1.807) is 22.7 Å². The van der Waals surface area contributed by atoms with E-state index in [4.69, 9.17) is 5.73 Å². The van der Waals surface area contributed by atoms with Crippen molar-refractivity contribution in [1.29, 1.82) is 0 Å². The molecule has 2 aromatic heterocycles. The van der Waals surface area contributed by atoms with Crippen LogP contribution in [0.4, 0.5) is 0 Å². The van der Waals surface area contributed by atoms with Gasteiger partial charge >= 0.3 is 0 Å². The van der Waals surface area contributed by atoms with Gasteiger partial charge in [-0.05, 0) is 5.56 Å². The second-order valence-electron chi connectivity index (χ2n) is 3.81. The second kappa shape index (κ2) is 4.97. The molecule has 2 N–H and O–H groups in total. The topological polar surface area (TPSA) is 51.8 Å². The number of rotatable bonds is 3. The lowest BCUT2D eigenvalue weighted by Crippen LogP contribution is -1.95. The average Bonchev–Trinajstić information content (AvgIpc) is 3.09. The third kappa shape index (κ3) is 2.20. The van der Waals surface area contributed by atoms with Crippen molar-refractivity contribution < 1.29 is 0 Å². The van der Waals surface area contributed by atoms with Crippen LogP contribution in [0, 0.1) is 0 Å². The van der Waals surface area contributed by atoms with E-state index in [1.165, 1.54) is 0 Å². The molecule has 5 heteroatoms. The Hall–Kier alpha value is -1.56. The first kappa shape index (κ1) is 11.5. The molecule has 18 heavy (non-hydrogen) atoms. The molecule has 0 radical (unpaired) electrons. The summed E-state index contributed by atoms with van der Waals surface area (Å²) < 4.78 is 0. The van der Waals surface area contributed by atoms with Gasteiger partial charge in [0.05, 0.1) is 11.2 Å². The molecular formula is C13H11N3S2. The highest BCUT2D eigenvalue weighted by Crippen LogP contribution is 2.28. The SMILES string of the molecule is NCc1ccc(-c2csc(-c3cscn3)n2)cc1. The number of aromatic nitrogens is 2. The van der Waals surface area contributed by atoms with E-state index in [-0.39, 0.29) is 0 Å². The van der Waals surface area contributed by atoms with Crippen LogP contribution in [0.25, 0.3) is 22.0 Å². The van der Waals surface area contributed by atoms with Gasteiger partial charge in [0, 0.05) is 22.9 Å². The largest absolute Gasteiger partial charge is 0.326 e. The summed E-state index contributed by atoms with van der Waals surface area (Å²) in [5.41, 5.74) is 11.6. The minimum atomic E-state index is 0.571. The Balaban J connectivity index is 1.92. The molecule has 2 heterocycles. The first-order chi connectivity index (χ1) is 8.86. The lowest BCUT2D eigenvalue weighted by Gasteiger charge is -1.99. The van der Waals surface area contributed by atoms with E-state index in [0.717, 1.165) is 27.5 Å². The molecule has 0 atom stereocenters. The van der Waals surface area contributed by atoms with Crippen molar-refractivity contribution in [3.8, 4) is 22.0 Å². The Morgan fingerprint density at radius 3 is 2.56 bits per heavy atom. The van der Waals surface area contributed by atoms with Crippen LogP contribution in [-0.2, 0) is 6.54 Å². The molecule has 0 saturated carbocycles. The Labute approximate surface area is 113 Å². The van der Waals surface area contributed by atoms with Gasteiger partial charge in [0.15, 0.2) is 0 Å². The highest BCUT2D eigenvalue weighted by Gasteiger charge is 2.07. The summed E-state index contributed by atoms with van der Waals surface area (Å²) in [5.74, 6) is 0. The molecule has 3 rings (SSSR count). The Morgan fingerprint density at radius 2 is 1.89 bits per heavy atom. The monoisotopic (exact) mass is 273 g/mol. The minimum absolute atomic E-state index is 0.571. The maximum absolute atomic E-state index is 5.59. The van der Waals surface area contributed by atoms with Crippen LogP contribution in [0.3, 0.4) is 0 Å². The standard InChI is InChI=1S/C13H11N3S2/c14-5-9-1-3-10(4-2-9)11-7-18-13(16-11)12-6-17-8-15-12/h1-4,6-8H,5,14H2. The van der Waals surface area contributed by atoms with Crippen molar-refractivity contribution in [2.75, 3.05) is 0 Å². The number of hydrogen-bond donors (Lipinski definition) is 1. The summed E-state index contributed by atoms with van der Waals surface area (Å²) in [6.07, 6.45) is 0.